The van der Waals surface area contributed by atoms with Crippen molar-refractivity contribution in [2.45, 2.75) is 37.2 Å². The number of amides is 1. The van der Waals surface area contributed by atoms with Gasteiger partial charge in [-0.2, -0.15) is 10.2 Å². The van der Waals surface area contributed by atoms with Gasteiger partial charge in [0, 0.05) is 13.1 Å². The van der Waals surface area contributed by atoms with E-state index in [9.17, 15) is 10.1 Å². The van der Waals surface area contributed by atoms with Gasteiger partial charge in [0.1, 0.15) is 12.4 Å². The summed E-state index contributed by atoms with van der Waals surface area (Å²) in [6.07, 6.45) is 3.04. The summed E-state index contributed by atoms with van der Waals surface area (Å²) < 4.78 is 0.678. The molecule has 148 valence electrons. The Balaban J connectivity index is 1.57. The molecule has 29 heavy (non-hydrogen) atoms. The number of carbonyl (C=O) groups excluding carboxylic acids is 1. The van der Waals surface area contributed by atoms with Crippen LogP contribution < -0.4 is 10.2 Å². The van der Waals surface area contributed by atoms with Crippen LogP contribution in [0.25, 0.3) is 10.3 Å². The van der Waals surface area contributed by atoms with E-state index in [1.54, 1.807) is 6.92 Å². The van der Waals surface area contributed by atoms with E-state index in [1.807, 2.05) is 35.2 Å². The lowest BCUT2D eigenvalue weighted by atomic mass is 10.1. The number of carbonyl (C=O) groups is 1. The van der Waals surface area contributed by atoms with Crippen LogP contribution in [0.1, 0.15) is 31.0 Å². The molecule has 7 nitrogen and oxygen atoms in total. The average Bonchev–Trinajstić information content (AvgIpc) is 3.39. The second kappa shape index (κ2) is 7.93. The Morgan fingerprint density at radius 3 is 2.97 bits per heavy atom. The Kier molecular flexibility index (Phi) is 5.35. The molecule has 1 N–H and O–H groups in total. The largest absolute Gasteiger partial charge is 0.350 e. The van der Waals surface area contributed by atoms with E-state index < -0.39 is 4.87 Å². The molecule has 1 aliphatic rings. The molecule has 1 aliphatic heterocycles. The van der Waals surface area contributed by atoms with Crippen molar-refractivity contribution in [3.05, 3.63) is 47.9 Å². The summed E-state index contributed by atoms with van der Waals surface area (Å²) in [5, 5.41) is 13.1. The quantitative estimate of drug-likeness (QED) is 0.628. The lowest BCUT2D eigenvalue weighted by Gasteiger charge is -2.23. The Morgan fingerprint density at radius 1 is 1.41 bits per heavy atom. The van der Waals surface area contributed by atoms with Gasteiger partial charge in [-0.05, 0) is 25.3 Å². The lowest BCUT2D eigenvalue weighted by molar-refractivity contribution is -0.122. The average molecular weight is 427 g/mol. The van der Waals surface area contributed by atoms with Crippen molar-refractivity contribution in [3.63, 3.8) is 0 Å². The van der Waals surface area contributed by atoms with Gasteiger partial charge in [-0.25, -0.2) is 9.97 Å². The molecule has 9 heteroatoms. The van der Waals surface area contributed by atoms with Crippen LogP contribution in [0.3, 0.4) is 0 Å². The minimum absolute atomic E-state index is 0.0175. The van der Waals surface area contributed by atoms with Crippen molar-refractivity contribution < 1.29 is 4.79 Å². The van der Waals surface area contributed by atoms with E-state index in [0.29, 0.717) is 27.7 Å². The van der Waals surface area contributed by atoms with E-state index in [0.717, 1.165) is 24.9 Å². The van der Waals surface area contributed by atoms with Gasteiger partial charge in [0.2, 0.25) is 5.91 Å². The van der Waals surface area contributed by atoms with Gasteiger partial charge in [0.25, 0.3) is 0 Å². The fraction of sp³-hybridized carbons (Fsp3) is 0.350. The molecule has 1 unspecified atom stereocenters. The van der Waals surface area contributed by atoms with Gasteiger partial charge in [-0.3, -0.25) is 4.79 Å². The Morgan fingerprint density at radius 2 is 2.21 bits per heavy atom. The van der Waals surface area contributed by atoms with Crippen LogP contribution in [-0.4, -0.2) is 33.4 Å². The molecule has 0 aliphatic carbocycles. The first-order valence-electron chi connectivity index (χ1n) is 9.30. The molecule has 3 heterocycles. The second-order valence-electron chi connectivity index (χ2n) is 7.04. The van der Waals surface area contributed by atoms with Gasteiger partial charge in [-0.15, -0.1) is 0 Å². The second-order valence-corrected chi connectivity index (χ2v) is 8.77. The standard InChI is InChI=1S/C20H19ClN6OS/c1-20(21,11-22)16-15-17(25-12-24-16)26-19(29-15)27-9-5-8-14(27)18(28)23-10-13-6-3-2-4-7-13/h2-4,6-7,12,14H,5,8-10H2,1H3,(H,23,28)/t14-,20?/m1/s1. The highest BCUT2D eigenvalue weighted by molar-refractivity contribution is 7.22. The number of alkyl halides is 1. The Labute approximate surface area is 177 Å². The topological polar surface area (TPSA) is 94.8 Å². The van der Waals surface area contributed by atoms with E-state index in [1.165, 1.54) is 17.7 Å². The third-order valence-corrected chi connectivity index (χ3v) is 6.30. The number of hydrogen-bond donors (Lipinski definition) is 1. The maximum absolute atomic E-state index is 12.8. The number of nitrogens with one attached hydrogen (secondary N) is 1. The summed E-state index contributed by atoms with van der Waals surface area (Å²) >= 11 is 7.70. The van der Waals surface area contributed by atoms with Crippen LogP contribution in [0, 0.1) is 11.3 Å². The molecule has 0 spiro atoms. The molecule has 1 saturated heterocycles. The number of aromatic nitrogens is 3. The summed E-state index contributed by atoms with van der Waals surface area (Å²) in [6, 6.07) is 11.6. The number of hydrogen-bond acceptors (Lipinski definition) is 7. The molecule has 4 rings (SSSR count). The van der Waals surface area contributed by atoms with Crippen LogP contribution >= 0.6 is 22.9 Å². The van der Waals surface area contributed by atoms with Crippen molar-refractivity contribution in [2.24, 2.45) is 0 Å². The number of anilines is 1. The SMILES string of the molecule is CC(Cl)(C#N)c1ncnc2nc(N3CCC[C@@H]3C(=O)NCc3ccccc3)sc12. The van der Waals surface area contributed by atoms with Crippen molar-refractivity contribution in [1.82, 2.24) is 20.3 Å². The van der Waals surface area contributed by atoms with Gasteiger partial charge in [-0.1, -0.05) is 53.3 Å². The normalized spacial score (nSPS) is 18.4. The third-order valence-electron chi connectivity index (χ3n) is 4.95. The highest BCUT2D eigenvalue weighted by Gasteiger charge is 2.34. The molecule has 2 aromatic heterocycles. The zero-order valence-corrected chi connectivity index (χ0v) is 17.4. The predicted molar refractivity (Wildman–Crippen MR) is 113 cm³/mol. The molecule has 3 aromatic rings. The minimum atomic E-state index is -1.26. The van der Waals surface area contributed by atoms with E-state index in [-0.39, 0.29) is 11.9 Å². The first-order chi connectivity index (χ1) is 14.0. The number of benzene rings is 1. The van der Waals surface area contributed by atoms with Crippen LogP contribution in [0.5, 0.6) is 0 Å². The fourth-order valence-electron chi connectivity index (χ4n) is 3.42. The molecule has 1 amide bonds. The van der Waals surface area contributed by atoms with Gasteiger partial charge >= 0.3 is 0 Å². The molecular weight excluding hydrogens is 408 g/mol. The maximum atomic E-state index is 12.8. The summed E-state index contributed by atoms with van der Waals surface area (Å²) in [6.45, 7) is 2.83. The summed E-state index contributed by atoms with van der Waals surface area (Å²) in [7, 11) is 0. The first-order valence-corrected chi connectivity index (χ1v) is 10.5. The Bertz CT molecular complexity index is 1080. The number of nitriles is 1. The summed E-state index contributed by atoms with van der Waals surface area (Å²) in [5.74, 6) is -0.0175. The minimum Gasteiger partial charge on any atom is -0.350 e. The number of fused-ring (bicyclic) bond motifs is 1. The third kappa shape index (κ3) is 3.88. The summed E-state index contributed by atoms with van der Waals surface area (Å²) in [5.41, 5.74) is 2.00. The van der Waals surface area contributed by atoms with Crippen LogP contribution in [-0.2, 0) is 16.2 Å². The van der Waals surface area contributed by atoms with Crippen molar-refractivity contribution in [1.29, 1.82) is 5.26 Å². The van der Waals surface area contributed by atoms with Crippen LogP contribution in [0.15, 0.2) is 36.7 Å². The van der Waals surface area contributed by atoms with Crippen LogP contribution in [0.2, 0.25) is 0 Å². The fourth-order valence-corrected chi connectivity index (χ4v) is 4.82. The monoisotopic (exact) mass is 426 g/mol. The number of thiazole rings is 1. The Hall–Kier alpha value is -2.76. The van der Waals surface area contributed by atoms with Crippen molar-refractivity contribution in [2.75, 3.05) is 11.4 Å². The lowest BCUT2D eigenvalue weighted by Crippen LogP contribution is -2.43. The number of rotatable bonds is 5. The van der Waals surface area contributed by atoms with E-state index in [4.69, 9.17) is 11.6 Å². The molecule has 1 aromatic carbocycles. The smallest absolute Gasteiger partial charge is 0.243 e. The van der Waals surface area contributed by atoms with Gasteiger partial charge < -0.3 is 10.2 Å². The maximum Gasteiger partial charge on any atom is 0.243 e. The van der Waals surface area contributed by atoms with E-state index in [2.05, 4.69) is 26.3 Å². The molecule has 2 atom stereocenters. The summed E-state index contributed by atoms with van der Waals surface area (Å²) in [4.78, 5) is 26.6. The molecule has 0 radical (unpaired) electrons. The van der Waals surface area contributed by atoms with Gasteiger partial charge in [0.15, 0.2) is 15.7 Å². The van der Waals surface area contributed by atoms with Crippen molar-refractivity contribution in [3.8, 4) is 6.07 Å². The number of halogens is 1. The molecular formula is C20H19ClN6OS. The zero-order chi connectivity index (χ0) is 20.4. The van der Waals surface area contributed by atoms with Gasteiger partial charge in [0.05, 0.1) is 16.5 Å². The first kappa shape index (κ1) is 19.6. The zero-order valence-electron chi connectivity index (χ0n) is 15.8. The van der Waals surface area contributed by atoms with Crippen molar-refractivity contribution >= 4 is 44.3 Å². The van der Waals surface area contributed by atoms with Crippen LogP contribution in [0.4, 0.5) is 5.13 Å². The number of nitrogens with zero attached hydrogens (tertiary/aromatic N) is 5. The predicted octanol–water partition coefficient (Wildman–Crippen LogP) is 3.35. The molecule has 0 saturated carbocycles. The molecule has 1 fully saturated rings. The molecule has 0 bridgehead atoms. The highest BCUT2D eigenvalue weighted by atomic mass is 35.5. The highest BCUT2D eigenvalue weighted by Crippen LogP contribution is 2.38. The van der Waals surface area contributed by atoms with E-state index >= 15 is 0 Å².